The Labute approximate surface area is 284 Å². The molecule has 3 atom stereocenters. The molecule has 3 unspecified atom stereocenters. The van der Waals surface area contributed by atoms with Crippen molar-refractivity contribution in [1.29, 1.82) is 0 Å². The number of allylic oxidation sites excluding steroid dienone is 9. The number of hydrogen-bond acceptors (Lipinski definition) is 1. The second-order valence-corrected chi connectivity index (χ2v) is 15.6. The summed E-state index contributed by atoms with van der Waals surface area (Å²) >= 11 is 1.90. The average Bonchev–Trinajstić information content (AvgIpc) is 3.86. The number of thiophene rings is 1. The Morgan fingerprint density at radius 2 is 1.42 bits per heavy atom. The standard InChI is InChI=1S/C47H32S/c1-2-11-30-29(10-1)34-15-9-16-36-45(34)38(30)26-42-46(36)35-14-4-7-18-40(35)47(42)39-17-6-3-12-31(39)32-22-20-28(25-41(32)47)27-21-23-44-37(24-27)33-13-5-8-19-43(33)48-44/h1-2,4-6,8-11,13-17,19-26,42,46H,3,7,12,18H2. The van der Waals surface area contributed by atoms with Crippen LogP contribution in [0.4, 0.5) is 0 Å². The van der Waals surface area contributed by atoms with Crippen LogP contribution in [0.25, 0.3) is 53.6 Å². The highest BCUT2D eigenvalue weighted by molar-refractivity contribution is 7.25. The first-order chi connectivity index (χ1) is 23.8. The van der Waals surface area contributed by atoms with Crippen LogP contribution in [0.2, 0.25) is 0 Å². The molecule has 1 spiro atoms. The van der Waals surface area contributed by atoms with Gasteiger partial charge in [0.1, 0.15) is 0 Å². The maximum absolute atomic E-state index is 2.74. The van der Waals surface area contributed by atoms with Crippen molar-refractivity contribution < 1.29 is 0 Å². The summed E-state index contributed by atoms with van der Waals surface area (Å²) in [5, 5.41) is 2.74. The quantitative estimate of drug-likeness (QED) is 0.170. The SMILES string of the molecule is C1=CC2=C(CC1)c1ccc(-c3ccc4sc5ccccc5c4c3)cc1C21C2=C(C=CCC2)C2c3cccc4c3C(=CC21)c1ccccc1-4. The lowest BCUT2D eigenvalue weighted by Gasteiger charge is -2.41. The van der Waals surface area contributed by atoms with E-state index in [-0.39, 0.29) is 5.41 Å². The third-order valence-corrected chi connectivity index (χ3v) is 13.7. The summed E-state index contributed by atoms with van der Waals surface area (Å²) in [4.78, 5) is 0. The third kappa shape index (κ3) is 3.04. The molecule has 6 aliphatic rings. The topological polar surface area (TPSA) is 0 Å². The molecule has 226 valence electrons. The third-order valence-electron chi connectivity index (χ3n) is 12.5. The van der Waals surface area contributed by atoms with Crippen molar-refractivity contribution >= 4 is 42.7 Å². The summed E-state index contributed by atoms with van der Waals surface area (Å²) in [6.45, 7) is 0. The Balaban J connectivity index is 1.14. The Hall–Kier alpha value is -4.98. The zero-order valence-corrected chi connectivity index (χ0v) is 27.4. The van der Waals surface area contributed by atoms with Crippen LogP contribution in [0.1, 0.15) is 59.4 Å². The van der Waals surface area contributed by atoms with Gasteiger partial charge in [-0.2, -0.15) is 0 Å². The maximum atomic E-state index is 2.74. The normalized spacial score (nSPS) is 23.8. The van der Waals surface area contributed by atoms with Crippen LogP contribution < -0.4 is 0 Å². The zero-order valence-electron chi connectivity index (χ0n) is 26.6. The lowest BCUT2D eigenvalue weighted by atomic mass is 9.60. The first kappa shape index (κ1) is 26.0. The Bertz CT molecular complexity index is 2630. The summed E-state index contributed by atoms with van der Waals surface area (Å²) in [6.07, 6.45) is 17.2. The van der Waals surface area contributed by atoms with Gasteiger partial charge in [-0.1, -0.05) is 115 Å². The predicted octanol–water partition coefficient (Wildman–Crippen LogP) is 12.6. The van der Waals surface area contributed by atoms with Gasteiger partial charge in [0.2, 0.25) is 0 Å². The lowest BCUT2D eigenvalue weighted by Crippen LogP contribution is -2.36. The minimum absolute atomic E-state index is 0.153. The summed E-state index contributed by atoms with van der Waals surface area (Å²) < 4.78 is 2.73. The second kappa shape index (κ2) is 9.13. The van der Waals surface area contributed by atoms with Crippen molar-refractivity contribution in [1.82, 2.24) is 0 Å². The molecule has 0 saturated heterocycles. The zero-order chi connectivity index (χ0) is 31.1. The molecule has 48 heavy (non-hydrogen) atoms. The van der Waals surface area contributed by atoms with Crippen LogP contribution in [-0.4, -0.2) is 0 Å². The second-order valence-electron chi connectivity index (χ2n) is 14.5. The van der Waals surface area contributed by atoms with E-state index in [9.17, 15) is 0 Å². The molecule has 0 aliphatic heterocycles. The molecule has 1 heteroatoms. The van der Waals surface area contributed by atoms with Crippen molar-refractivity contribution in [3.8, 4) is 22.3 Å². The molecule has 6 aromatic rings. The fraction of sp³-hybridized carbons (Fsp3) is 0.149. The van der Waals surface area contributed by atoms with Gasteiger partial charge in [-0.15, -0.1) is 11.3 Å². The highest BCUT2D eigenvalue weighted by Crippen LogP contribution is 2.70. The van der Waals surface area contributed by atoms with Gasteiger partial charge in [-0.05, 0) is 122 Å². The van der Waals surface area contributed by atoms with E-state index in [0.717, 1.165) is 25.7 Å². The molecular formula is C47H32S. The van der Waals surface area contributed by atoms with Gasteiger partial charge in [-0.3, -0.25) is 0 Å². The fourth-order valence-electron chi connectivity index (χ4n) is 10.8. The summed E-state index contributed by atoms with van der Waals surface area (Å²) in [5.74, 6) is 0.693. The monoisotopic (exact) mass is 628 g/mol. The van der Waals surface area contributed by atoms with Gasteiger partial charge in [0.25, 0.3) is 0 Å². The van der Waals surface area contributed by atoms with Crippen molar-refractivity contribution in [2.75, 3.05) is 0 Å². The van der Waals surface area contributed by atoms with Crippen LogP contribution in [0, 0.1) is 5.92 Å². The van der Waals surface area contributed by atoms with E-state index in [2.05, 4.69) is 134 Å². The highest BCUT2D eigenvalue weighted by atomic mass is 32.1. The first-order valence-electron chi connectivity index (χ1n) is 17.6. The van der Waals surface area contributed by atoms with Gasteiger partial charge in [0, 0.05) is 37.4 Å². The molecule has 1 aromatic heterocycles. The van der Waals surface area contributed by atoms with Crippen LogP contribution >= 0.6 is 11.3 Å². The van der Waals surface area contributed by atoms with Crippen molar-refractivity contribution in [3.63, 3.8) is 0 Å². The summed E-state index contributed by atoms with van der Waals surface area (Å²) in [6, 6.07) is 39.8. The molecule has 5 aromatic carbocycles. The van der Waals surface area contributed by atoms with Crippen LogP contribution in [0.15, 0.2) is 150 Å². The Morgan fingerprint density at radius 1 is 0.625 bits per heavy atom. The molecule has 0 bridgehead atoms. The van der Waals surface area contributed by atoms with Gasteiger partial charge in [0.05, 0.1) is 0 Å². The molecule has 6 aliphatic carbocycles. The van der Waals surface area contributed by atoms with Crippen LogP contribution in [0.5, 0.6) is 0 Å². The van der Waals surface area contributed by atoms with Gasteiger partial charge < -0.3 is 0 Å². The Morgan fingerprint density at radius 3 is 2.40 bits per heavy atom. The number of hydrogen-bond donors (Lipinski definition) is 0. The molecule has 12 rings (SSSR count). The molecule has 0 nitrogen and oxygen atoms in total. The molecule has 1 heterocycles. The number of fused-ring (bicyclic) bond motifs is 15. The average molecular weight is 629 g/mol. The summed E-state index contributed by atoms with van der Waals surface area (Å²) in [5.41, 5.74) is 20.7. The van der Waals surface area contributed by atoms with E-state index in [1.807, 2.05) is 11.3 Å². The molecule has 0 amide bonds. The van der Waals surface area contributed by atoms with E-state index in [1.165, 1.54) is 70.3 Å². The largest absolute Gasteiger partial charge is 0.135 e. The maximum Gasteiger partial charge on any atom is 0.0498 e. The van der Waals surface area contributed by atoms with Crippen LogP contribution in [0.3, 0.4) is 0 Å². The number of benzene rings is 5. The van der Waals surface area contributed by atoms with Crippen molar-refractivity contribution in [2.45, 2.75) is 37.0 Å². The minimum Gasteiger partial charge on any atom is -0.135 e. The first-order valence-corrected chi connectivity index (χ1v) is 18.4. The number of rotatable bonds is 1. The fourth-order valence-corrected chi connectivity index (χ4v) is 11.9. The van der Waals surface area contributed by atoms with Crippen LogP contribution in [-0.2, 0) is 5.41 Å². The molecule has 0 fully saturated rings. The highest BCUT2D eigenvalue weighted by Gasteiger charge is 2.60. The van der Waals surface area contributed by atoms with E-state index in [0.29, 0.717) is 11.8 Å². The van der Waals surface area contributed by atoms with Crippen molar-refractivity contribution in [2.24, 2.45) is 5.92 Å². The molecule has 0 N–H and O–H groups in total. The Kier molecular flexibility index (Phi) is 4.95. The predicted molar refractivity (Wildman–Crippen MR) is 202 cm³/mol. The lowest BCUT2D eigenvalue weighted by molar-refractivity contribution is 0.437. The van der Waals surface area contributed by atoms with Gasteiger partial charge in [-0.25, -0.2) is 0 Å². The van der Waals surface area contributed by atoms with Gasteiger partial charge in [0.15, 0.2) is 0 Å². The van der Waals surface area contributed by atoms with Crippen molar-refractivity contribution in [3.05, 3.63) is 178 Å². The smallest absolute Gasteiger partial charge is 0.0498 e. The van der Waals surface area contributed by atoms with E-state index in [1.54, 1.807) is 27.9 Å². The van der Waals surface area contributed by atoms with E-state index in [4.69, 9.17) is 0 Å². The minimum atomic E-state index is -0.153. The molecule has 0 radical (unpaired) electrons. The molecule has 0 saturated carbocycles. The van der Waals surface area contributed by atoms with E-state index < -0.39 is 0 Å². The van der Waals surface area contributed by atoms with E-state index >= 15 is 0 Å². The summed E-state index contributed by atoms with van der Waals surface area (Å²) in [7, 11) is 0. The van der Waals surface area contributed by atoms with Gasteiger partial charge >= 0.3 is 0 Å². The molecular weight excluding hydrogens is 597 g/mol.